The predicted molar refractivity (Wildman–Crippen MR) is 63.4 cm³/mol. The Morgan fingerprint density at radius 3 is 2.85 bits per heavy atom. The summed E-state index contributed by atoms with van der Waals surface area (Å²) >= 11 is 6.62. The predicted octanol–water partition coefficient (Wildman–Crippen LogP) is 4.17. The van der Waals surface area contributed by atoms with Crippen molar-refractivity contribution in [3.8, 4) is 5.75 Å². The highest BCUT2D eigenvalue weighted by Crippen LogP contribution is 2.20. The topological polar surface area (TPSA) is 9.23 Å². The van der Waals surface area contributed by atoms with Gasteiger partial charge in [-0.3, -0.25) is 0 Å². The van der Waals surface area contributed by atoms with Crippen molar-refractivity contribution in [1.82, 2.24) is 0 Å². The smallest absolute Gasteiger partial charge is 0.119 e. The zero-order chi connectivity index (χ0) is 9.68. The number of ether oxygens (including phenoxy) is 1. The van der Waals surface area contributed by atoms with E-state index >= 15 is 0 Å². The first-order valence-corrected chi connectivity index (χ1v) is 5.56. The minimum absolute atomic E-state index is 0.697. The van der Waals surface area contributed by atoms with Crippen molar-refractivity contribution in [1.29, 1.82) is 0 Å². The number of benzene rings is 1. The van der Waals surface area contributed by atoms with E-state index in [1.54, 1.807) is 0 Å². The highest BCUT2D eigenvalue weighted by atomic mass is 79.9. The van der Waals surface area contributed by atoms with Crippen LogP contribution in [0.2, 0.25) is 0 Å². The maximum atomic E-state index is 5.37. The highest BCUT2D eigenvalue weighted by molar-refractivity contribution is 9.28. The molecule has 0 heterocycles. The van der Waals surface area contributed by atoms with Crippen LogP contribution >= 0.6 is 31.9 Å². The van der Waals surface area contributed by atoms with Crippen molar-refractivity contribution in [3.05, 3.63) is 33.2 Å². The first-order chi connectivity index (χ1) is 6.22. The number of halogens is 2. The molecule has 0 spiro atoms. The molecule has 3 heteroatoms. The Bertz CT molecular complexity index is 304. The van der Waals surface area contributed by atoms with Gasteiger partial charge in [-0.25, -0.2) is 0 Å². The summed E-state index contributed by atoms with van der Waals surface area (Å²) in [7, 11) is 0. The minimum atomic E-state index is 0.697. The van der Waals surface area contributed by atoms with E-state index in [4.69, 9.17) is 4.74 Å². The van der Waals surface area contributed by atoms with Crippen LogP contribution in [0.1, 0.15) is 12.5 Å². The largest absolute Gasteiger partial charge is 0.494 e. The van der Waals surface area contributed by atoms with E-state index in [-0.39, 0.29) is 0 Å². The van der Waals surface area contributed by atoms with Gasteiger partial charge in [-0.05, 0) is 62.6 Å². The highest BCUT2D eigenvalue weighted by Gasteiger charge is 1.93. The van der Waals surface area contributed by atoms with E-state index < -0.39 is 0 Å². The Balaban J connectivity index is 2.85. The molecular weight excluding hydrogens is 296 g/mol. The lowest BCUT2D eigenvalue weighted by Gasteiger charge is -2.02. The molecule has 0 radical (unpaired) electrons. The number of rotatable bonds is 3. The Kier molecular flexibility index (Phi) is 4.53. The fourth-order valence-electron chi connectivity index (χ4n) is 0.987. The van der Waals surface area contributed by atoms with Crippen LogP contribution in [0.3, 0.4) is 0 Å². The fourth-order valence-corrected chi connectivity index (χ4v) is 1.52. The second-order valence-electron chi connectivity index (χ2n) is 2.44. The zero-order valence-electron chi connectivity index (χ0n) is 7.26. The monoisotopic (exact) mass is 304 g/mol. The average Bonchev–Trinajstić information content (AvgIpc) is 2.04. The van der Waals surface area contributed by atoms with Crippen molar-refractivity contribution >= 4 is 37.9 Å². The average molecular weight is 306 g/mol. The Morgan fingerprint density at radius 1 is 1.46 bits per heavy atom. The minimum Gasteiger partial charge on any atom is -0.494 e. The lowest BCUT2D eigenvalue weighted by atomic mass is 10.2. The Hall–Kier alpha value is -0.280. The molecule has 0 unspecified atom stereocenters. The van der Waals surface area contributed by atoms with Crippen molar-refractivity contribution in [2.24, 2.45) is 0 Å². The first-order valence-electron chi connectivity index (χ1n) is 3.98. The summed E-state index contributed by atoms with van der Waals surface area (Å²) in [6.45, 7) is 2.67. The molecule has 0 amide bonds. The molecular formula is C10H10Br2O. The van der Waals surface area contributed by atoms with Gasteiger partial charge in [0.25, 0.3) is 0 Å². The molecule has 0 bridgehead atoms. The van der Waals surface area contributed by atoms with Gasteiger partial charge in [0.1, 0.15) is 5.75 Å². The van der Waals surface area contributed by atoms with Crippen LogP contribution in [0.15, 0.2) is 27.7 Å². The quantitative estimate of drug-likeness (QED) is 0.814. The summed E-state index contributed by atoms with van der Waals surface area (Å²) in [6.07, 6.45) is 1.97. The Morgan fingerprint density at radius 2 is 2.23 bits per heavy atom. The molecule has 0 aliphatic carbocycles. The molecule has 0 aliphatic heterocycles. The third kappa shape index (κ3) is 3.96. The molecule has 0 saturated heterocycles. The molecule has 70 valence electrons. The summed E-state index contributed by atoms with van der Waals surface area (Å²) in [5, 5.41) is 0. The van der Waals surface area contributed by atoms with Crippen LogP contribution in [0.25, 0.3) is 6.08 Å². The molecule has 1 nitrogen and oxygen atoms in total. The third-order valence-corrected chi connectivity index (χ3v) is 1.90. The van der Waals surface area contributed by atoms with Gasteiger partial charge >= 0.3 is 0 Å². The summed E-state index contributed by atoms with van der Waals surface area (Å²) in [4.78, 5) is 0. The molecule has 0 N–H and O–H groups in total. The van der Waals surface area contributed by atoms with Crippen LogP contribution in [-0.2, 0) is 0 Å². The van der Waals surface area contributed by atoms with E-state index in [9.17, 15) is 0 Å². The number of hydrogen-bond acceptors (Lipinski definition) is 1. The van der Waals surface area contributed by atoms with Gasteiger partial charge < -0.3 is 4.74 Å². The van der Waals surface area contributed by atoms with Crippen LogP contribution in [-0.4, -0.2) is 6.61 Å². The summed E-state index contributed by atoms with van der Waals surface area (Å²) < 4.78 is 6.29. The van der Waals surface area contributed by atoms with Crippen LogP contribution in [0, 0.1) is 0 Å². The van der Waals surface area contributed by atoms with Gasteiger partial charge in [-0.15, -0.1) is 0 Å². The summed E-state index contributed by atoms with van der Waals surface area (Å²) in [5.74, 6) is 0.900. The zero-order valence-corrected chi connectivity index (χ0v) is 10.4. The van der Waals surface area contributed by atoms with Crippen LogP contribution in [0.4, 0.5) is 0 Å². The first kappa shape index (κ1) is 10.8. The maximum absolute atomic E-state index is 5.37. The van der Waals surface area contributed by atoms with Gasteiger partial charge in [-0.2, -0.15) is 0 Å². The van der Waals surface area contributed by atoms with Gasteiger partial charge in [0.15, 0.2) is 0 Å². The summed E-state index contributed by atoms with van der Waals surface area (Å²) in [5.41, 5.74) is 1.11. The van der Waals surface area contributed by atoms with E-state index in [0.717, 1.165) is 14.7 Å². The molecule has 0 fully saturated rings. The second kappa shape index (κ2) is 5.45. The van der Waals surface area contributed by atoms with Gasteiger partial charge in [0.05, 0.1) is 10.00 Å². The normalized spacial score (nSPS) is 9.46. The molecule has 0 saturated carbocycles. The molecule has 1 aromatic rings. The van der Waals surface area contributed by atoms with Crippen LogP contribution in [0.5, 0.6) is 5.75 Å². The summed E-state index contributed by atoms with van der Waals surface area (Å²) in [6, 6.07) is 7.93. The van der Waals surface area contributed by atoms with Gasteiger partial charge in [0, 0.05) is 0 Å². The van der Waals surface area contributed by atoms with Crippen molar-refractivity contribution in [2.75, 3.05) is 6.61 Å². The van der Waals surface area contributed by atoms with Crippen molar-refractivity contribution in [3.63, 3.8) is 0 Å². The van der Waals surface area contributed by atoms with E-state index in [1.165, 1.54) is 0 Å². The maximum Gasteiger partial charge on any atom is 0.119 e. The number of hydrogen-bond donors (Lipinski definition) is 0. The van der Waals surface area contributed by atoms with E-state index in [1.807, 2.05) is 37.3 Å². The molecule has 0 aliphatic rings. The standard InChI is InChI=1S/C10H10Br2O/c1-2-13-9-5-3-4-8(6-9)7-10(11)12/h3-7H,2H2,1H3. The molecule has 1 aromatic carbocycles. The van der Waals surface area contributed by atoms with Crippen molar-refractivity contribution in [2.45, 2.75) is 6.92 Å². The molecule has 0 atom stereocenters. The molecule has 0 aromatic heterocycles. The Labute approximate surface area is 95.1 Å². The SMILES string of the molecule is CCOc1cccc(C=C(Br)Br)c1. The third-order valence-electron chi connectivity index (χ3n) is 1.44. The lowest BCUT2D eigenvalue weighted by molar-refractivity contribution is 0.340. The molecule has 1 rings (SSSR count). The molecule has 13 heavy (non-hydrogen) atoms. The van der Waals surface area contributed by atoms with Gasteiger partial charge in [0.2, 0.25) is 0 Å². The van der Waals surface area contributed by atoms with Crippen LogP contribution < -0.4 is 4.74 Å². The van der Waals surface area contributed by atoms with E-state index in [2.05, 4.69) is 31.9 Å². The van der Waals surface area contributed by atoms with Crippen molar-refractivity contribution < 1.29 is 4.74 Å². The van der Waals surface area contributed by atoms with E-state index in [0.29, 0.717) is 6.61 Å². The lowest BCUT2D eigenvalue weighted by Crippen LogP contribution is -1.90. The second-order valence-corrected chi connectivity index (χ2v) is 5.21. The van der Waals surface area contributed by atoms with Gasteiger partial charge in [-0.1, -0.05) is 12.1 Å². The fraction of sp³-hybridized carbons (Fsp3) is 0.200.